The average Bonchev–Trinajstić information content (AvgIpc) is 2.42. The molecular weight excluding hydrogens is 238 g/mol. The number of aliphatic hydroxyl groups excluding tert-OH is 1. The molecule has 0 bridgehead atoms. The van der Waals surface area contributed by atoms with Crippen molar-refractivity contribution in [3.8, 4) is 0 Å². The minimum Gasteiger partial charge on any atom is -0.389 e. The molecule has 0 saturated carbocycles. The molecule has 102 valence electrons. The van der Waals surface area contributed by atoms with Gasteiger partial charge in [-0.25, -0.2) is 0 Å². The van der Waals surface area contributed by atoms with Crippen LogP contribution in [0.25, 0.3) is 10.8 Å². The van der Waals surface area contributed by atoms with Gasteiger partial charge in [0.1, 0.15) is 0 Å². The number of rotatable bonds is 6. The highest BCUT2D eigenvalue weighted by Crippen LogP contribution is 2.22. The van der Waals surface area contributed by atoms with Gasteiger partial charge in [-0.05, 0) is 25.3 Å². The van der Waals surface area contributed by atoms with Crippen molar-refractivity contribution in [3.63, 3.8) is 0 Å². The van der Waals surface area contributed by atoms with Crippen molar-refractivity contribution in [2.24, 2.45) is 0 Å². The second-order valence-corrected chi connectivity index (χ2v) is 4.94. The van der Waals surface area contributed by atoms with E-state index in [4.69, 9.17) is 4.74 Å². The van der Waals surface area contributed by atoms with Gasteiger partial charge in [0.25, 0.3) is 0 Å². The first-order chi connectivity index (χ1) is 9.16. The summed E-state index contributed by atoms with van der Waals surface area (Å²) >= 11 is 0. The Morgan fingerprint density at radius 3 is 2.63 bits per heavy atom. The molecule has 0 aliphatic heterocycles. The number of aliphatic hydroxyl groups is 1. The highest BCUT2D eigenvalue weighted by atomic mass is 16.5. The highest BCUT2D eigenvalue weighted by molar-refractivity contribution is 5.93. The zero-order valence-corrected chi connectivity index (χ0v) is 11.5. The lowest BCUT2D eigenvalue weighted by Crippen LogP contribution is -2.26. The summed E-state index contributed by atoms with van der Waals surface area (Å²) in [6.45, 7) is 4.77. The van der Waals surface area contributed by atoms with Gasteiger partial charge in [0.2, 0.25) is 0 Å². The van der Waals surface area contributed by atoms with Crippen molar-refractivity contribution in [1.29, 1.82) is 0 Å². The van der Waals surface area contributed by atoms with Crippen LogP contribution in [-0.4, -0.2) is 30.5 Å². The van der Waals surface area contributed by atoms with E-state index in [1.165, 1.54) is 10.8 Å². The van der Waals surface area contributed by atoms with Crippen LogP contribution in [0.3, 0.4) is 0 Å². The van der Waals surface area contributed by atoms with E-state index in [9.17, 15) is 5.11 Å². The van der Waals surface area contributed by atoms with Crippen LogP contribution in [0.15, 0.2) is 42.5 Å². The second kappa shape index (κ2) is 6.55. The Kier molecular flexibility index (Phi) is 4.77. The summed E-state index contributed by atoms with van der Waals surface area (Å²) in [5.41, 5.74) is 1.04. The molecule has 0 spiro atoms. The number of hydrogen-bond donors (Lipinski definition) is 2. The molecule has 3 heteroatoms. The van der Waals surface area contributed by atoms with E-state index in [1.807, 2.05) is 38.1 Å². The van der Waals surface area contributed by atoms with Crippen molar-refractivity contribution in [2.45, 2.75) is 26.1 Å². The summed E-state index contributed by atoms with van der Waals surface area (Å²) in [5, 5.41) is 15.5. The third-order valence-electron chi connectivity index (χ3n) is 2.94. The molecule has 19 heavy (non-hydrogen) atoms. The largest absolute Gasteiger partial charge is 0.389 e. The van der Waals surface area contributed by atoms with Gasteiger partial charge in [-0.3, -0.25) is 0 Å². The van der Waals surface area contributed by atoms with Crippen LogP contribution in [0, 0.1) is 0 Å². The standard InChI is InChI=1S/C16H21NO2/c1-12(2)19-11-14(18)10-17-16-9-5-7-13-6-3-4-8-15(13)16/h3-9,12,14,17-18H,10-11H2,1-2H3. The maximum Gasteiger partial charge on any atom is 0.0945 e. The van der Waals surface area contributed by atoms with Crippen LogP contribution >= 0.6 is 0 Å². The monoisotopic (exact) mass is 259 g/mol. The molecule has 0 amide bonds. The van der Waals surface area contributed by atoms with Gasteiger partial charge in [-0.1, -0.05) is 36.4 Å². The van der Waals surface area contributed by atoms with E-state index in [0.29, 0.717) is 13.2 Å². The molecule has 0 saturated heterocycles. The van der Waals surface area contributed by atoms with Crippen molar-refractivity contribution in [2.75, 3.05) is 18.5 Å². The minimum atomic E-state index is -0.499. The summed E-state index contributed by atoms with van der Waals surface area (Å²) in [6.07, 6.45) is -0.353. The van der Waals surface area contributed by atoms with E-state index >= 15 is 0 Å². The topological polar surface area (TPSA) is 41.5 Å². The summed E-state index contributed by atoms with van der Waals surface area (Å²) in [5.74, 6) is 0. The van der Waals surface area contributed by atoms with Crippen LogP contribution < -0.4 is 5.32 Å². The summed E-state index contributed by atoms with van der Waals surface area (Å²) < 4.78 is 5.39. The molecule has 0 heterocycles. The summed E-state index contributed by atoms with van der Waals surface area (Å²) in [7, 11) is 0. The van der Waals surface area contributed by atoms with Crippen LogP contribution in [0.1, 0.15) is 13.8 Å². The number of benzene rings is 2. The lowest BCUT2D eigenvalue weighted by atomic mass is 10.1. The summed E-state index contributed by atoms with van der Waals surface area (Å²) in [6, 6.07) is 14.3. The summed E-state index contributed by atoms with van der Waals surface area (Å²) in [4.78, 5) is 0. The Morgan fingerprint density at radius 1 is 1.11 bits per heavy atom. The van der Waals surface area contributed by atoms with E-state index in [0.717, 1.165) is 5.69 Å². The first kappa shape index (κ1) is 13.8. The predicted octanol–water partition coefficient (Wildman–Crippen LogP) is 3.04. The smallest absolute Gasteiger partial charge is 0.0945 e. The third-order valence-corrected chi connectivity index (χ3v) is 2.94. The normalized spacial score (nSPS) is 12.8. The first-order valence-electron chi connectivity index (χ1n) is 6.68. The van der Waals surface area contributed by atoms with Gasteiger partial charge in [-0.15, -0.1) is 0 Å². The maximum atomic E-state index is 9.84. The molecule has 2 N–H and O–H groups in total. The number of ether oxygens (including phenoxy) is 1. The Balaban J connectivity index is 1.98. The van der Waals surface area contributed by atoms with Crippen LogP contribution in [-0.2, 0) is 4.74 Å². The molecule has 3 nitrogen and oxygen atoms in total. The van der Waals surface area contributed by atoms with Crippen LogP contribution in [0.4, 0.5) is 5.69 Å². The van der Waals surface area contributed by atoms with Gasteiger partial charge in [0.15, 0.2) is 0 Å². The zero-order valence-electron chi connectivity index (χ0n) is 11.5. The molecule has 1 unspecified atom stereocenters. The molecule has 0 aliphatic rings. The lowest BCUT2D eigenvalue weighted by Gasteiger charge is -2.16. The van der Waals surface area contributed by atoms with Gasteiger partial charge < -0.3 is 15.2 Å². The Labute approximate surface area is 114 Å². The van der Waals surface area contributed by atoms with Gasteiger partial charge >= 0.3 is 0 Å². The fourth-order valence-corrected chi connectivity index (χ4v) is 1.97. The molecule has 2 aromatic rings. The van der Waals surface area contributed by atoms with E-state index in [2.05, 4.69) is 23.5 Å². The minimum absolute atomic E-state index is 0.146. The van der Waals surface area contributed by atoms with Gasteiger partial charge in [0.05, 0.1) is 18.8 Å². The Morgan fingerprint density at radius 2 is 1.84 bits per heavy atom. The van der Waals surface area contributed by atoms with E-state index < -0.39 is 6.10 Å². The number of hydrogen-bond acceptors (Lipinski definition) is 3. The molecule has 0 aromatic heterocycles. The van der Waals surface area contributed by atoms with Gasteiger partial charge in [-0.2, -0.15) is 0 Å². The lowest BCUT2D eigenvalue weighted by molar-refractivity contribution is 0.0112. The van der Waals surface area contributed by atoms with E-state index in [-0.39, 0.29) is 6.10 Å². The molecule has 1 atom stereocenters. The molecular formula is C16H21NO2. The van der Waals surface area contributed by atoms with Crippen LogP contribution in [0.2, 0.25) is 0 Å². The average molecular weight is 259 g/mol. The van der Waals surface area contributed by atoms with Crippen molar-refractivity contribution < 1.29 is 9.84 Å². The van der Waals surface area contributed by atoms with Gasteiger partial charge in [0, 0.05) is 17.6 Å². The maximum absolute atomic E-state index is 9.84. The van der Waals surface area contributed by atoms with Crippen molar-refractivity contribution in [1.82, 2.24) is 0 Å². The highest BCUT2D eigenvalue weighted by Gasteiger charge is 2.06. The molecule has 2 rings (SSSR count). The predicted molar refractivity (Wildman–Crippen MR) is 79.5 cm³/mol. The quantitative estimate of drug-likeness (QED) is 0.838. The zero-order chi connectivity index (χ0) is 13.7. The number of fused-ring (bicyclic) bond motifs is 1. The van der Waals surface area contributed by atoms with Crippen molar-refractivity contribution >= 4 is 16.5 Å². The SMILES string of the molecule is CC(C)OCC(O)CNc1cccc2ccccc12. The third kappa shape index (κ3) is 3.94. The van der Waals surface area contributed by atoms with E-state index in [1.54, 1.807) is 0 Å². The molecule has 0 radical (unpaired) electrons. The number of anilines is 1. The molecule has 0 aliphatic carbocycles. The fourth-order valence-electron chi connectivity index (χ4n) is 1.97. The fraction of sp³-hybridized carbons (Fsp3) is 0.375. The van der Waals surface area contributed by atoms with Crippen LogP contribution in [0.5, 0.6) is 0 Å². The van der Waals surface area contributed by atoms with Crippen molar-refractivity contribution in [3.05, 3.63) is 42.5 Å². The molecule has 2 aromatic carbocycles. The first-order valence-corrected chi connectivity index (χ1v) is 6.68. The second-order valence-electron chi connectivity index (χ2n) is 4.94. The molecule has 0 fully saturated rings. The Hall–Kier alpha value is -1.58. The number of nitrogens with one attached hydrogen (secondary N) is 1. The Bertz CT molecular complexity index is 520.